The van der Waals surface area contributed by atoms with Crippen LogP contribution in [0.1, 0.15) is 71.5 Å². The van der Waals surface area contributed by atoms with Gasteiger partial charge in [-0.25, -0.2) is 0 Å². The van der Waals surface area contributed by atoms with E-state index in [-0.39, 0.29) is 11.3 Å². The van der Waals surface area contributed by atoms with Gasteiger partial charge in [0.25, 0.3) is 0 Å². The van der Waals surface area contributed by atoms with E-state index in [2.05, 4.69) is 22.4 Å². The van der Waals surface area contributed by atoms with Crippen molar-refractivity contribution >= 4 is 5.91 Å². The molecule has 5 heteroatoms. The van der Waals surface area contributed by atoms with E-state index in [1.807, 2.05) is 20.8 Å². The fourth-order valence-corrected chi connectivity index (χ4v) is 2.69. The third-order valence-electron chi connectivity index (χ3n) is 4.16. The first-order valence-corrected chi connectivity index (χ1v) is 7.98. The van der Waals surface area contributed by atoms with E-state index in [1.165, 1.54) is 19.3 Å². The van der Waals surface area contributed by atoms with Crippen LogP contribution in [-0.2, 0) is 16.6 Å². The third kappa shape index (κ3) is 4.55. The Kier molecular flexibility index (Phi) is 5.01. The normalized spacial score (nSPS) is 23.0. The first-order chi connectivity index (χ1) is 9.86. The molecule has 1 amide bonds. The van der Waals surface area contributed by atoms with Crippen LogP contribution in [-0.4, -0.2) is 22.1 Å². The summed E-state index contributed by atoms with van der Waals surface area (Å²) in [7, 11) is 0. The number of nitrogens with one attached hydrogen (secondary N) is 1. The lowest BCUT2D eigenvalue weighted by Gasteiger charge is -2.29. The zero-order valence-electron chi connectivity index (χ0n) is 13.6. The van der Waals surface area contributed by atoms with Crippen LogP contribution in [0.15, 0.2) is 4.52 Å². The van der Waals surface area contributed by atoms with Gasteiger partial charge in [-0.3, -0.25) is 4.79 Å². The fourth-order valence-electron chi connectivity index (χ4n) is 2.69. The molecule has 0 bridgehead atoms. The lowest BCUT2D eigenvalue weighted by molar-refractivity contribution is -0.122. The summed E-state index contributed by atoms with van der Waals surface area (Å²) in [6, 6.07) is 0.332. The van der Waals surface area contributed by atoms with Crippen LogP contribution in [0, 0.1) is 5.92 Å². The highest BCUT2D eigenvalue weighted by Crippen LogP contribution is 2.24. The maximum absolute atomic E-state index is 12.0. The Labute approximate surface area is 126 Å². The maximum atomic E-state index is 12.0. The minimum absolute atomic E-state index is 0.0873. The molecule has 0 radical (unpaired) electrons. The van der Waals surface area contributed by atoms with Crippen LogP contribution in [0.2, 0.25) is 0 Å². The van der Waals surface area contributed by atoms with Crippen LogP contribution in [0.3, 0.4) is 0 Å². The standard InChI is InChI=1S/C16H27N3O2/c1-11-7-5-6-8-12(11)17-13(20)9-10-14-18-15(19-21-14)16(2,3)4/h11-12H,5-10H2,1-4H3,(H,17,20)/t11-,12+/m1/s1. The highest BCUT2D eigenvalue weighted by Gasteiger charge is 2.24. The molecule has 1 heterocycles. The van der Waals surface area contributed by atoms with E-state index in [4.69, 9.17) is 4.52 Å². The van der Waals surface area contributed by atoms with E-state index in [9.17, 15) is 4.79 Å². The van der Waals surface area contributed by atoms with Crippen LogP contribution >= 0.6 is 0 Å². The summed E-state index contributed by atoms with van der Waals surface area (Å²) < 4.78 is 5.21. The second kappa shape index (κ2) is 6.58. The van der Waals surface area contributed by atoms with Crippen molar-refractivity contribution in [3.8, 4) is 0 Å². The Morgan fingerprint density at radius 1 is 1.33 bits per heavy atom. The minimum Gasteiger partial charge on any atom is -0.353 e. The molecule has 21 heavy (non-hydrogen) atoms. The van der Waals surface area contributed by atoms with Crippen molar-refractivity contribution in [3.63, 3.8) is 0 Å². The minimum atomic E-state index is -0.123. The van der Waals surface area contributed by atoms with Gasteiger partial charge in [0.05, 0.1) is 0 Å². The van der Waals surface area contributed by atoms with Gasteiger partial charge in [0.2, 0.25) is 11.8 Å². The van der Waals surface area contributed by atoms with E-state index in [1.54, 1.807) is 0 Å². The second-order valence-corrected chi connectivity index (χ2v) is 7.20. The van der Waals surface area contributed by atoms with Gasteiger partial charge in [0.15, 0.2) is 5.82 Å². The molecule has 0 spiro atoms. The van der Waals surface area contributed by atoms with Crippen molar-refractivity contribution in [3.05, 3.63) is 11.7 Å². The van der Waals surface area contributed by atoms with Gasteiger partial charge >= 0.3 is 0 Å². The average Bonchev–Trinajstić information content (AvgIpc) is 2.88. The molecule has 1 fully saturated rings. The van der Waals surface area contributed by atoms with E-state index >= 15 is 0 Å². The van der Waals surface area contributed by atoms with Gasteiger partial charge in [-0.2, -0.15) is 4.98 Å². The number of carbonyl (C=O) groups is 1. The molecule has 1 aliphatic carbocycles. The molecule has 5 nitrogen and oxygen atoms in total. The molecule has 1 saturated carbocycles. The van der Waals surface area contributed by atoms with E-state index in [0.29, 0.717) is 36.5 Å². The number of amides is 1. The largest absolute Gasteiger partial charge is 0.353 e. The summed E-state index contributed by atoms with van der Waals surface area (Å²) in [6.07, 6.45) is 5.73. The molecule has 1 aromatic rings. The number of carbonyl (C=O) groups excluding carboxylic acids is 1. The summed E-state index contributed by atoms with van der Waals surface area (Å²) in [5.74, 6) is 1.91. The van der Waals surface area contributed by atoms with E-state index in [0.717, 1.165) is 6.42 Å². The average molecular weight is 293 g/mol. The number of hydrogen-bond donors (Lipinski definition) is 1. The lowest BCUT2D eigenvalue weighted by atomic mass is 9.86. The lowest BCUT2D eigenvalue weighted by Crippen LogP contribution is -2.41. The second-order valence-electron chi connectivity index (χ2n) is 7.20. The quantitative estimate of drug-likeness (QED) is 0.926. The Bertz CT molecular complexity index is 476. The highest BCUT2D eigenvalue weighted by molar-refractivity contribution is 5.76. The van der Waals surface area contributed by atoms with E-state index < -0.39 is 0 Å². The van der Waals surface area contributed by atoms with Crippen molar-refractivity contribution in [1.29, 1.82) is 0 Å². The summed E-state index contributed by atoms with van der Waals surface area (Å²) in [4.78, 5) is 16.4. The first-order valence-electron chi connectivity index (χ1n) is 7.98. The van der Waals surface area contributed by atoms with Crippen molar-refractivity contribution in [2.75, 3.05) is 0 Å². The van der Waals surface area contributed by atoms with Gasteiger partial charge in [-0.1, -0.05) is 45.7 Å². The Morgan fingerprint density at radius 3 is 2.67 bits per heavy atom. The summed E-state index contributed by atoms with van der Waals surface area (Å²) >= 11 is 0. The zero-order chi connectivity index (χ0) is 15.5. The number of nitrogens with zero attached hydrogens (tertiary/aromatic N) is 2. The molecule has 1 N–H and O–H groups in total. The fraction of sp³-hybridized carbons (Fsp3) is 0.812. The SMILES string of the molecule is C[C@@H]1CCCC[C@@H]1NC(=O)CCc1nc(C(C)(C)C)no1. The topological polar surface area (TPSA) is 68.0 Å². The molecule has 0 aliphatic heterocycles. The molecule has 2 atom stereocenters. The van der Waals surface area contributed by atoms with Crippen molar-refractivity contribution in [2.45, 2.75) is 77.7 Å². The molecule has 0 aromatic carbocycles. The molecule has 0 unspecified atom stereocenters. The Morgan fingerprint density at radius 2 is 2.05 bits per heavy atom. The van der Waals surface area contributed by atoms with Crippen molar-refractivity contribution < 1.29 is 9.32 Å². The smallest absolute Gasteiger partial charge is 0.227 e. The third-order valence-corrected chi connectivity index (χ3v) is 4.16. The predicted octanol–water partition coefficient (Wildman–Crippen LogP) is 2.99. The van der Waals surface area contributed by atoms with Gasteiger partial charge in [-0.15, -0.1) is 0 Å². The highest BCUT2D eigenvalue weighted by atomic mass is 16.5. The molecule has 2 rings (SSSR count). The molecule has 1 aromatic heterocycles. The monoisotopic (exact) mass is 293 g/mol. The molecule has 0 saturated heterocycles. The number of aromatic nitrogens is 2. The van der Waals surface area contributed by atoms with Gasteiger partial charge in [0, 0.05) is 24.3 Å². The number of rotatable bonds is 4. The van der Waals surface area contributed by atoms with Crippen LogP contribution in [0.25, 0.3) is 0 Å². The predicted molar refractivity (Wildman–Crippen MR) is 80.9 cm³/mol. The van der Waals surface area contributed by atoms with Crippen molar-refractivity contribution in [2.24, 2.45) is 5.92 Å². The molecular weight excluding hydrogens is 266 g/mol. The van der Waals surface area contributed by atoms with Gasteiger partial charge in [0.1, 0.15) is 0 Å². The summed E-state index contributed by atoms with van der Waals surface area (Å²) in [5.41, 5.74) is -0.123. The molecule has 118 valence electrons. The van der Waals surface area contributed by atoms with Gasteiger partial charge < -0.3 is 9.84 Å². The van der Waals surface area contributed by atoms with Crippen LogP contribution in [0.4, 0.5) is 0 Å². The zero-order valence-corrected chi connectivity index (χ0v) is 13.6. The van der Waals surface area contributed by atoms with Crippen LogP contribution < -0.4 is 5.32 Å². The summed E-state index contributed by atoms with van der Waals surface area (Å²) in [6.45, 7) is 8.34. The maximum Gasteiger partial charge on any atom is 0.227 e. The number of hydrogen-bond acceptors (Lipinski definition) is 4. The first kappa shape index (κ1) is 16.0. The Hall–Kier alpha value is -1.39. The van der Waals surface area contributed by atoms with Gasteiger partial charge in [-0.05, 0) is 18.8 Å². The molecular formula is C16H27N3O2. The number of aryl methyl sites for hydroxylation is 1. The van der Waals surface area contributed by atoms with Crippen molar-refractivity contribution in [1.82, 2.24) is 15.5 Å². The molecule has 1 aliphatic rings. The Balaban J connectivity index is 1.80. The summed E-state index contributed by atoms with van der Waals surface area (Å²) in [5, 5.41) is 7.12. The van der Waals surface area contributed by atoms with Crippen LogP contribution in [0.5, 0.6) is 0 Å².